The molecule has 0 saturated carbocycles. The molecule has 0 aliphatic carbocycles. The summed E-state index contributed by atoms with van der Waals surface area (Å²) in [6.45, 7) is 3.28. The standard InChI is InChI=1S/C17H20BrNO2/c1-2-10-21-16-8-6-15(7-9-16)19-12-17(20)13-4-3-5-14(18)11-13/h3-9,11,17,19-20H,2,10,12H2,1H3. The van der Waals surface area contributed by atoms with Crippen LogP contribution in [0.5, 0.6) is 5.75 Å². The van der Waals surface area contributed by atoms with Gasteiger partial charge in [0.25, 0.3) is 0 Å². The molecule has 0 bridgehead atoms. The van der Waals surface area contributed by atoms with Crippen LogP contribution in [0.3, 0.4) is 0 Å². The number of aliphatic hydroxyl groups is 1. The lowest BCUT2D eigenvalue weighted by Gasteiger charge is -2.14. The Balaban J connectivity index is 1.87. The summed E-state index contributed by atoms with van der Waals surface area (Å²) in [6, 6.07) is 15.5. The molecule has 2 rings (SSSR count). The van der Waals surface area contributed by atoms with E-state index in [4.69, 9.17) is 4.74 Å². The number of hydrogen-bond acceptors (Lipinski definition) is 3. The highest BCUT2D eigenvalue weighted by molar-refractivity contribution is 9.10. The van der Waals surface area contributed by atoms with Gasteiger partial charge in [-0.3, -0.25) is 0 Å². The maximum Gasteiger partial charge on any atom is 0.119 e. The van der Waals surface area contributed by atoms with Crippen molar-refractivity contribution in [2.75, 3.05) is 18.5 Å². The summed E-state index contributed by atoms with van der Waals surface area (Å²) in [5.74, 6) is 0.870. The molecule has 2 aromatic carbocycles. The van der Waals surface area contributed by atoms with E-state index in [1.54, 1.807) is 0 Å². The third kappa shape index (κ3) is 5.06. The van der Waals surface area contributed by atoms with Crippen LogP contribution in [0.4, 0.5) is 5.69 Å². The summed E-state index contributed by atoms with van der Waals surface area (Å²) in [7, 11) is 0. The van der Waals surface area contributed by atoms with Crippen LogP contribution in [0.2, 0.25) is 0 Å². The Morgan fingerprint density at radius 2 is 1.95 bits per heavy atom. The minimum absolute atomic E-state index is 0.464. The van der Waals surface area contributed by atoms with E-state index >= 15 is 0 Å². The summed E-state index contributed by atoms with van der Waals surface area (Å²) in [4.78, 5) is 0. The smallest absolute Gasteiger partial charge is 0.119 e. The van der Waals surface area contributed by atoms with E-state index in [1.807, 2.05) is 48.5 Å². The van der Waals surface area contributed by atoms with Crippen molar-refractivity contribution in [2.45, 2.75) is 19.4 Å². The largest absolute Gasteiger partial charge is 0.494 e. The second-order valence-electron chi connectivity index (χ2n) is 4.82. The van der Waals surface area contributed by atoms with Crippen LogP contribution in [0.15, 0.2) is 53.0 Å². The molecule has 112 valence electrons. The van der Waals surface area contributed by atoms with Crippen LogP contribution in [0.1, 0.15) is 25.0 Å². The molecule has 2 aromatic rings. The molecule has 0 fully saturated rings. The molecule has 0 heterocycles. The monoisotopic (exact) mass is 349 g/mol. The van der Waals surface area contributed by atoms with Gasteiger partial charge in [0.15, 0.2) is 0 Å². The molecule has 3 nitrogen and oxygen atoms in total. The zero-order chi connectivity index (χ0) is 15.1. The molecular weight excluding hydrogens is 330 g/mol. The zero-order valence-corrected chi connectivity index (χ0v) is 13.6. The Bertz CT molecular complexity index is 557. The van der Waals surface area contributed by atoms with Gasteiger partial charge in [-0.2, -0.15) is 0 Å². The van der Waals surface area contributed by atoms with Crippen LogP contribution >= 0.6 is 15.9 Å². The first-order valence-electron chi connectivity index (χ1n) is 7.09. The fourth-order valence-corrected chi connectivity index (χ4v) is 2.35. The third-order valence-corrected chi connectivity index (χ3v) is 3.55. The Hall–Kier alpha value is -1.52. The number of anilines is 1. The molecule has 0 spiro atoms. The predicted molar refractivity (Wildman–Crippen MR) is 89.8 cm³/mol. The number of nitrogens with one attached hydrogen (secondary N) is 1. The van der Waals surface area contributed by atoms with Gasteiger partial charge >= 0.3 is 0 Å². The lowest BCUT2D eigenvalue weighted by Crippen LogP contribution is -2.12. The Morgan fingerprint density at radius 3 is 2.62 bits per heavy atom. The van der Waals surface area contributed by atoms with E-state index in [-0.39, 0.29) is 0 Å². The molecule has 0 radical (unpaired) electrons. The van der Waals surface area contributed by atoms with E-state index in [0.29, 0.717) is 6.54 Å². The number of halogens is 1. The second-order valence-corrected chi connectivity index (χ2v) is 5.74. The number of hydrogen-bond donors (Lipinski definition) is 2. The maximum absolute atomic E-state index is 10.2. The molecule has 1 atom stereocenters. The SMILES string of the molecule is CCCOc1ccc(NCC(O)c2cccc(Br)c2)cc1. The molecular formula is C17H20BrNO2. The van der Waals surface area contributed by atoms with Crippen molar-refractivity contribution in [3.05, 3.63) is 58.6 Å². The first kappa shape index (κ1) is 15.9. The van der Waals surface area contributed by atoms with Gasteiger partial charge < -0.3 is 15.2 Å². The molecule has 0 amide bonds. The minimum atomic E-state index is -0.543. The van der Waals surface area contributed by atoms with Crippen LogP contribution in [-0.2, 0) is 0 Å². The normalized spacial score (nSPS) is 12.0. The van der Waals surface area contributed by atoms with Crippen LogP contribution < -0.4 is 10.1 Å². The third-order valence-electron chi connectivity index (χ3n) is 3.06. The van der Waals surface area contributed by atoms with Crippen molar-refractivity contribution in [3.8, 4) is 5.75 Å². The van der Waals surface area contributed by atoms with E-state index in [1.165, 1.54) is 0 Å². The summed E-state index contributed by atoms with van der Waals surface area (Å²) < 4.78 is 6.50. The van der Waals surface area contributed by atoms with Gasteiger partial charge in [-0.25, -0.2) is 0 Å². The number of ether oxygens (including phenoxy) is 1. The van der Waals surface area contributed by atoms with Crippen molar-refractivity contribution >= 4 is 21.6 Å². The van der Waals surface area contributed by atoms with Gasteiger partial charge in [0.05, 0.1) is 12.7 Å². The Labute approximate surface area is 134 Å². The lowest BCUT2D eigenvalue weighted by molar-refractivity contribution is 0.191. The highest BCUT2D eigenvalue weighted by Gasteiger charge is 2.07. The highest BCUT2D eigenvalue weighted by Crippen LogP contribution is 2.20. The lowest BCUT2D eigenvalue weighted by atomic mass is 10.1. The molecule has 0 aliphatic rings. The van der Waals surface area contributed by atoms with E-state index in [9.17, 15) is 5.11 Å². The van der Waals surface area contributed by atoms with Crippen molar-refractivity contribution < 1.29 is 9.84 Å². The van der Waals surface area contributed by atoms with Crippen LogP contribution in [0, 0.1) is 0 Å². The zero-order valence-electron chi connectivity index (χ0n) is 12.1. The van der Waals surface area contributed by atoms with E-state index in [0.717, 1.165) is 34.5 Å². The number of rotatable bonds is 7. The minimum Gasteiger partial charge on any atom is -0.494 e. The van der Waals surface area contributed by atoms with Gasteiger partial charge in [-0.05, 0) is 48.4 Å². The summed E-state index contributed by atoms with van der Waals surface area (Å²) >= 11 is 3.41. The molecule has 4 heteroatoms. The number of aliphatic hydroxyl groups excluding tert-OH is 1. The summed E-state index contributed by atoms with van der Waals surface area (Å²) in [6.07, 6.45) is 0.456. The Morgan fingerprint density at radius 1 is 1.19 bits per heavy atom. The topological polar surface area (TPSA) is 41.5 Å². The number of benzene rings is 2. The van der Waals surface area contributed by atoms with Crippen molar-refractivity contribution in [1.82, 2.24) is 0 Å². The van der Waals surface area contributed by atoms with E-state index in [2.05, 4.69) is 28.2 Å². The quantitative estimate of drug-likeness (QED) is 0.779. The first-order valence-corrected chi connectivity index (χ1v) is 7.88. The van der Waals surface area contributed by atoms with Gasteiger partial charge in [-0.15, -0.1) is 0 Å². The summed E-state index contributed by atoms with van der Waals surface area (Å²) in [5.41, 5.74) is 1.85. The molecule has 2 N–H and O–H groups in total. The van der Waals surface area contributed by atoms with Crippen molar-refractivity contribution in [3.63, 3.8) is 0 Å². The fraction of sp³-hybridized carbons (Fsp3) is 0.294. The van der Waals surface area contributed by atoms with Gasteiger partial charge in [-0.1, -0.05) is 35.0 Å². The van der Waals surface area contributed by atoms with Crippen molar-refractivity contribution in [1.29, 1.82) is 0 Å². The average molecular weight is 350 g/mol. The first-order chi connectivity index (χ1) is 10.2. The van der Waals surface area contributed by atoms with Crippen LogP contribution in [0.25, 0.3) is 0 Å². The van der Waals surface area contributed by atoms with Gasteiger partial charge in [0.2, 0.25) is 0 Å². The summed E-state index contributed by atoms with van der Waals surface area (Å²) in [5, 5.41) is 13.4. The predicted octanol–water partition coefficient (Wildman–Crippen LogP) is 4.38. The highest BCUT2D eigenvalue weighted by atomic mass is 79.9. The van der Waals surface area contributed by atoms with E-state index < -0.39 is 6.10 Å². The maximum atomic E-state index is 10.2. The van der Waals surface area contributed by atoms with Crippen LogP contribution in [-0.4, -0.2) is 18.3 Å². The molecule has 21 heavy (non-hydrogen) atoms. The van der Waals surface area contributed by atoms with Gasteiger partial charge in [0, 0.05) is 16.7 Å². The average Bonchev–Trinajstić information content (AvgIpc) is 2.51. The molecule has 0 aromatic heterocycles. The second kappa shape index (κ2) is 8.05. The Kier molecular flexibility index (Phi) is 6.08. The molecule has 1 unspecified atom stereocenters. The van der Waals surface area contributed by atoms with Crippen molar-refractivity contribution in [2.24, 2.45) is 0 Å². The molecule has 0 saturated heterocycles. The molecule has 0 aliphatic heterocycles. The van der Waals surface area contributed by atoms with Gasteiger partial charge in [0.1, 0.15) is 5.75 Å². The fourth-order valence-electron chi connectivity index (χ4n) is 1.94.